The Morgan fingerprint density at radius 1 is 1.32 bits per heavy atom. The number of hydrogen-bond donors (Lipinski definition) is 1. The minimum Gasteiger partial charge on any atom is -0.496 e. The second kappa shape index (κ2) is 9.41. The molecule has 158 valence electrons. The average Bonchev–Trinajstić information content (AvgIpc) is 3.08. The molecule has 2 atom stereocenters. The Morgan fingerprint density at radius 2 is 2.00 bits per heavy atom. The summed E-state index contributed by atoms with van der Waals surface area (Å²) in [6.07, 6.45) is 0.844. The van der Waals surface area contributed by atoms with Crippen molar-refractivity contribution in [2.45, 2.75) is 24.3 Å². The van der Waals surface area contributed by atoms with Gasteiger partial charge in [-0.05, 0) is 44.0 Å². The van der Waals surface area contributed by atoms with Crippen molar-refractivity contribution in [3.05, 3.63) is 23.8 Å². The monoisotopic (exact) mass is 433 g/mol. The molecular formula is C18H28ClN3O5S. The maximum atomic E-state index is 13.1. The van der Waals surface area contributed by atoms with Crippen LogP contribution in [0, 0.1) is 5.92 Å². The van der Waals surface area contributed by atoms with Crippen LogP contribution in [0.2, 0.25) is 0 Å². The Kier molecular flexibility index (Phi) is 7.69. The molecular weight excluding hydrogens is 406 g/mol. The molecule has 0 spiro atoms. The molecule has 2 heterocycles. The number of carbonyl (C=O) groups excluding carboxylic acids is 1. The van der Waals surface area contributed by atoms with Crippen molar-refractivity contribution >= 4 is 28.3 Å². The minimum absolute atomic E-state index is 0. The summed E-state index contributed by atoms with van der Waals surface area (Å²) in [6.45, 7) is 4.42. The van der Waals surface area contributed by atoms with Crippen molar-refractivity contribution < 1.29 is 22.7 Å². The lowest BCUT2D eigenvalue weighted by Gasteiger charge is -2.27. The predicted octanol–water partition coefficient (Wildman–Crippen LogP) is 0.947. The van der Waals surface area contributed by atoms with E-state index < -0.39 is 10.0 Å². The van der Waals surface area contributed by atoms with Crippen LogP contribution in [0.4, 0.5) is 0 Å². The number of rotatable bonds is 5. The van der Waals surface area contributed by atoms with Crippen LogP contribution in [0.25, 0.3) is 0 Å². The predicted molar refractivity (Wildman–Crippen MR) is 107 cm³/mol. The van der Waals surface area contributed by atoms with Gasteiger partial charge < -0.3 is 20.1 Å². The first-order valence-corrected chi connectivity index (χ1v) is 10.6. The smallest absolute Gasteiger partial charge is 0.257 e. The lowest BCUT2D eigenvalue weighted by molar-refractivity contribution is 0.0728. The molecule has 0 radical (unpaired) electrons. The van der Waals surface area contributed by atoms with Gasteiger partial charge in [-0.1, -0.05) is 0 Å². The summed E-state index contributed by atoms with van der Waals surface area (Å²) in [5.41, 5.74) is 6.02. The Morgan fingerprint density at radius 3 is 2.57 bits per heavy atom. The first-order valence-electron chi connectivity index (χ1n) is 9.15. The summed E-state index contributed by atoms with van der Waals surface area (Å²) < 4.78 is 37.8. The lowest BCUT2D eigenvalue weighted by atomic mass is 10.1. The number of ether oxygens (including phenoxy) is 2. The molecule has 28 heavy (non-hydrogen) atoms. The highest BCUT2D eigenvalue weighted by Crippen LogP contribution is 2.30. The normalized spacial score (nSPS) is 23.3. The standard InChI is InChI=1S/C18H27N3O5S.ClH/c1-13-9-14(11-19)12-21(13)18(22)16-10-15(3-4-17(16)25-2)27(23,24)20-5-7-26-8-6-20;/h3-4,10,13-14H,5-9,11-12,19H2,1-2H3;1H. The van der Waals surface area contributed by atoms with E-state index in [1.54, 1.807) is 11.0 Å². The first-order chi connectivity index (χ1) is 12.9. The van der Waals surface area contributed by atoms with E-state index in [-0.39, 0.29) is 40.7 Å². The van der Waals surface area contributed by atoms with Crippen LogP contribution < -0.4 is 10.5 Å². The number of benzene rings is 1. The summed E-state index contributed by atoms with van der Waals surface area (Å²) in [5, 5.41) is 0. The molecule has 0 bridgehead atoms. The SMILES string of the molecule is COc1ccc(S(=O)(=O)N2CCOCC2)cc1C(=O)N1CC(CN)CC1C.Cl. The number of sulfonamides is 1. The van der Waals surface area contributed by atoms with Crippen LogP contribution in [0.15, 0.2) is 23.1 Å². The summed E-state index contributed by atoms with van der Waals surface area (Å²) in [6, 6.07) is 4.50. The van der Waals surface area contributed by atoms with Gasteiger partial charge in [-0.25, -0.2) is 8.42 Å². The van der Waals surface area contributed by atoms with Gasteiger partial charge in [-0.3, -0.25) is 4.79 Å². The molecule has 2 saturated heterocycles. The molecule has 2 fully saturated rings. The number of nitrogens with two attached hydrogens (primary N) is 1. The Bertz CT molecular complexity index is 798. The average molecular weight is 434 g/mol. The third-order valence-corrected chi connectivity index (χ3v) is 7.16. The fraction of sp³-hybridized carbons (Fsp3) is 0.611. The highest BCUT2D eigenvalue weighted by atomic mass is 35.5. The van der Waals surface area contributed by atoms with E-state index in [0.29, 0.717) is 45.1 Å². The quantitative estimate of drug-likeness (QED) is 0.741. The number of hydrogen-bond acceptors (Lipinski definition) is 6. The molecule has 2 aliphatic heterocycles. The topological polar surface area (TPSA) is 102 Å². The summed E-state index contributed by atoms with van der Waals surface area (Å²) >= 11 is 0. The molecule has 0 aliphatic carbocycles. The number of likely N-dealkylation sites (tertiary alicyclic amines) is 1. The first kappa shape index (κ1) is 22.9. The van der Waals surface area contributed by atoms with Gasteiger partial charge in [0.15, 0.2) is 0 Å². The molecule has 2 aliphatic rings. The van der Waals surface area contributed by atoms with Crippen LogP contribution in [0.1, 0.15) is 23.7 Å². The van der Waals surface area contributed by atoms with Crippen molar-refractivity contribution in [3.8, 4) is 5.75 Å². The largest absolute Gasteiger partial charge is 0.496 e. The zero-order valence-electron chi connectivity index (χ0n) is 16.2. The van der Waals surface area contributed by atoms with Gasteiger partial charge in [0, 0.05) is 25.7 Å². The van der Waals surface area contributed by atoms with E-state index in [9.17, 15) is 13.2 Å². The third kappa shape index (κ3) is 4.44. The van der Waals surface area contributed by atoms with E-state index in [2.05, 4.69) is 0 Å². The van der Waals surface area contributed by atoms with Crippen LogP contribution in [-0.4, -0.2) is 76.1 Å². The summed E-state index contributed by atoms with van der Waals surface area (Å²) in [4.78, 5) is 15.0. The molecule has 0 aromatic heterocycles. The molecule has 1 aromatic carbocycles. The Balaban J connectivity index is 0.00000280. The van der Waals surface area contributed by atoms with Crippen LogP contribution in [-0.2, 0) is 14.8 Å². The molecule has 1 amide bonds. The maximum Gasteiger partial charge on any atom is 0.257 e. The van der Waals surface area contributed by atoms with Gasteiger partial charge >= 0.3 is 0 Å². The number of methoxy groups -OCH3 is 1. The number of nitrogens with zero attached hydrogens (tertiary/aromatic N) is 2. The van der Waals surface area contributed by atoms with Gasteiger partial charge in [0.1, 0.15) is 5.75 Å². The molecule has 8 nitrogen and oxygen atoms in total. The van der Waals surface area contributed by atoms with E-state index >= 15 is 0 Å². The fourth-order valence-electron chi connectivity index (χ4n) is 3.70. The van der Waals surface area contributed by atoms with Gasteiger partial charge in [-0.2, -0.15) is 4.31 Å². The van der Waals surface area contributed by atoms with Crippen molar-refractivity contribution in [2.75, 3.05) is 46.5 Å². The summed E-state index contributed by atoms with van der Waals surface area (Å²) in [7, 11) is -2.22. The second-order valence-electron chi connectivity index (χ2n) is 7.02. The Hall–Kier alpha value is -1.39. The molecule has 2 unspecified atom stereocenters. The minimum atomic E-state index is -3.69. The number of amides is 1. The fourth-order valence-corrected chi connectivity index (χ4v) is 5.14. The molecule has 2 N–H and O–H groups in total. The van der Waals surface area contributed by atoms with Gasteiger partial charge in [0.25, 0.3) is 5.91 Å². The van der Waals surface area contributed by atoms with Gasteiger partial charge in [0.05, 0.1) is 30.8 Å². The highest BCUT2D eigenvalue weighted by Gasteiger charge is 2.34. The molecule has 1 aromatic rings. The maximum absolute atomic E-state index is 13.1. The van der Waals surface area contributed by atoms with Crippen LogP contribution in [0.5, 0.6) is 5.75 Å². The molecule has 0 saturated carbocycles. The number of carbonyl (C=O) groups is 1. The van der Waals surface area contributed by atoms with Gasteiger partial charge in [-0.15, -0.1) is 12.4 Å². The van der Waals surface area contributed by atoms with E-state index in [1.807, 2.05) is 6.92 Å². The summed E-state index contributed by atoms with van der Waals surface area (Å²) in [5.74, 6) is 0.397. The number of morpholine rings is 1. The van der Waals surface area contributed by atoms with Crippen molar-refractivity contribution in [3.63, 3.8) is 0 Å². The second-order valence-corrected chi connectivity index (χ2v) is 8.96. The van der Waals surface area contributed by atoms with E-state index in [4.69, 9.17) is 15.2 Å². The van der Waals surface area contributed by atoms with Crippen molar-refractivity contribution in [1.29, 1.82) is 0 Å². The van der Waals surface area contributed by atoms with E-state index in [1.165, 1.54) is 23.5 Å². The molecule has 10 heteroatoms. The van der Waals surface area contributed by atoms with E-state index in [0.717, 1.165) is 6.42 Å². The Labute approximate surface area is 172 Å². The lowest BCUT2D eigenvalue weighted by Crippen LogP contribution is -2.40. The highest BCUT2D eigenvalue weighted by molar-refractivity contribution is 7.89. The zero-order valence-corrected chi connectivity index (χ0v) is 17.8. The van der Waals surface area contributed by atoms with Crippen LogP contribution >= 0.6 is 12.4 Å². The van der Waals surface area contributed by atoms with Gasteiger partial charge in [0.2, 0.25) is 10.0 Å². The van der Waals surface area contributed by atoms with Crippen molar-refractivity contribution in [1.82, 2.24) is 9.21 Å². The number of halogens is 1. The third-order valence-electron chi connectivity index (χ3n) is 5.26. The zero-order chi connectivity index (χ0) is 19.6. The van der Waals surface area contributed by atoms with Crippen LogP contribution in [0.3, 0.4) is 0 Å². The molecule has 3 rings (SSSR count). The van der Waals surface area contributed by atoms with Crippen molar-refractivity contribution in [2.24, 2.45) is 11.7 Å².